The number of benzene rings is 2. The number of hydrogen-bond acceptors (Lipinski definition) is 5. The van der Waals surface area contributed by atoms with Gasteiger partial charge in [0, 0.05) is 23.8 Å². The lowest BCUT2D eigenvalue weighted by molar-refractivity contribution is -0.575. The van der Waals surface area contributed by atoms with E-state index in [1.54, 1.807) is 0 Å². The average molecular weight is 467 g/mol. The van der Waals surface area contributed by atoms with Gasteiger partial charge in [-0.1, -0.05) is 25.1 Å². The van der Waals surface area contributed by atoms with E-state index in [0.29, 0.717) is 18.8 Å². The Bertz CT molecular complexity index is 1030. The van der Waals surface area contributed by atoms with Crippen LogP contribution in [0, 0.1) is 16.0 Å². The largest absolute Gasteiger partial charge is 0.490 e. The fraction of sp³-hybridized carbons (Fsp3) is 0.542. The minimum atomic E-state index is -4.66. The van der Waals surface area contributed by atoms with Crippen LogP contribution in [0.15, 0.2) is 30.3 Å². The van der Waals surface area contributed by atoms with Crippen LogP contribution in [0.1, 0.15) is 63.5 Å². The van der Waals surface area contributed by atoms with Crippen LogP contribution in [0.25, 0.3) is 10.8 Å². The Balaban J connectivity index is 2.01. The molecule has 3 rings (SSSR count). The van der Waals surface area contributed by atoms with Gasteiger partial charge in [0.15, 0.2) is 0 Å². The second kappa shape index (κ2) is 9.57. The molecule has 2 aromatic rings. The van der Waals surface area contributed by atoms with Crippen LogP contribution in [0.4, 0.5) is 13.2 Å². The number of nitro groups is 1. The van der Waals surface area contributed by atoms with Crippen molar-refractivity contribution in [2.45, 2.75) is 70.2 Å². The summed E-state index contributed by atoms with van der Waals surface area (Å²) in [6, 6.07) is 6.75. The standard InChI is InChI=1S/C24H28F3NO5/c1-15-4-8-18(9-5-15)33-20-11-6-16-14-17(7-10-19(16)22(20)24(25,26)27)23(2,28(30)31)13-12-21(29)32-3/h6-7,10-11,14-15,18H,4-5,8-9,12-13H2,1-3H3. The third-order valence-electron chi connectivity index (χ3n) is 6.59. The van der Waals surface area contributed by atoms with Crippen molar-refractivity contribution in [3.63, 3.8) is 0 Å². The van der Waals surface area contributed by atoms with Gasteiger partial charge in [-0.2, -0.15) is 13.2 Å². The summed E-state index contributed by atoms with van der Waals surface area (Å²) >= 11 is 0. The summed E-state index contributed by atoms with van der Waals surface area (Å²) < 4.78 is 52.6. The number of nitrogens with zero attached hydrogens (tertiary/aromatic N) is 1. The Kier molecular flexibility index (Phi) is 7.19. The Morgan fingerprint density at radius 1 is 1.15 bits per heavy atom. The molecule has 0 radical (unpaired) electrons. The molecular formula is C24H28F3NO5. The molecule has 0 spiro atoms. The van der Waals surface area contributed by atoms with Crippen molar-refractivity contribution >= 4 is 16.7 Å². The molecule has 1 aliphatic rings. The van der Waals surface area contributed by atoms with Crippen LogP contribution < -0.4 is 4.74 Å². The zero-order valence-electron chi connectivity index (χ0n) is 18.9. The normalized spacial score (nSPS) is 20.8. The lowest BCUT2D eigenvalue weighted by Gasteiger charge is -2.28. The third kappa shape index (κ3) is 5.39. The van der Waals surface area contributed by atoms with Crippen molar-refractivity contribution in [2.24, 2.45) is 5.92 Å². The highest BCUT2D eigenvalue weighted by Crippen LogP contribution is 2.43. The molecule has 1 unspecified atom stereocenters. The minimum absolute atomic E-state index is 0.0772. The molecule has 0 aliphatic heterocycles. The first-order valence-corrected chi connectivity index (χ1v) is 11.0. The van der Waals surface area contributed by atoms with E-state index in [2.05, 4.69) is 11.7 Å². The molecule has 33 heavy (non-hydrogen) atoms. The monoisotopic (exact) mass is 467 g/mol. The molecule has 0 heterocycles. The van der Waals surface area contributed by atoms with Crippen LogP contribution in [0.5, 0.6) is 5.75 Å². The van der Waals surface area contributed by atoms with Crippen LogP contribution in [0.2, 0.25) is 0 Å². The Morgan fingerprint density at radius 3 is 2.39 bits per heavy atom. The van der Waals surface area contributed by atoms with Crippen LogP contribution in [-0.4, -0.2) is 24.1 Å². The van der Waals surface area contributed by atoms with E-state index in [4.69, 9.17) is 4.74 Å². The Morgan fingerprint density at radius 2 is 1.82 bits per heavy atom. The van der Waals surface area contributed by atoms with Crippen molar-refractivity contribution in [3.05, 3.63) is 51.6 Å². The number of alkyl halides is 3. The molecule has 2 aromatic carbocycles. The van der Waals surface area contributed by atoms with E-state index in [1.807, 2.05) is 0 Å². The maximum atomic E-state index is 14.1. The SMILES string of the molecule is COC(=O)CCC(C)(c1ccc2c(C(F)(F)F)c(OC3CCC(C)CC3)ccc2c1)[N+](=O)[O-]. The smallest absolute Gasteiger partial charge is 0.420 e. The summed E-state index contributed by atoms with van der Waals surface area (Å²) in [5.74, 6) is -0.274. The number of carbonyl (C=O) groups excluding carboxylic acids is 1. The molecule has 1 saturated carbocycles. The van der Waals surface area contributed by atoms with Crippen molar-refractivity contribution in [2.75, 3.05) is 7.11 Å². The first-order valence-electron chi connectivity index (χ1n) is 11.0. The van der Waals surface area contributed by atoms with Crippen molar-refractivity contribution in [3.8, 4) is 5.75 Å². The fourth-order valence-electron chi connectivity index (χ4n) is 4.35. The van der Waals surface area contributed by atoms with Crippen LogP contribution >= 0.6 is 0 Å². The summed E-state index contributed by atoms with van der Waals surface area (Å²) in [4.78, 5) is 22.8. The van der Waals surface area contributed by atoms with Crippen LogP contribution in [-0.2, 0) is 21.2 Å². The van der Waals surface area contributed by atoms with E-state index in [9.17, 15) is 28.1 Å². The van der Waals surface area contributed by atoms with Gasteiger partial charge < -0.3 is 9.47 Å². The molecule has 0 bridgehead atoms. The van der Waals surface area contributed by atoms with E-state index in [1.165, 1.54) is 44.4 Å². The maximum Gasteiger partial charge on any atom is 0.420 e. The van der Waals surface area contributed by atoms with Crippen molar-refractivity contribution in [1.29, 1.82) is 0 Å². The highest BCUT2D eigenvalue weighted by Gasteiger charge is 2.41. The molecule has 0 N–H and O–H groups in total. The summed E-state index contributed by atoms with van der Waals surface area (Å²) in [6.07, 6.45) is -2.03. The molecule has 6 nitrogen and oxygen atoms in total. The number of carbonyl (C=O) groups is 1. The highest BCUT2D eigenvalue weighted by molar-refractivity contribution is 5.89. The number of esters is 1. The Hall–Kier alpha value is -2.84. The third-order valence-corrected chi connectivity index (χ3v) is 6.59. The van der Waals surface area contributed by atoms with E-state index < -0.39 is 28.2 Å². The molecule has 180 valence electrons. The fourth-order valence-corrected chi connectivity index (χ4v) is 4.35. The number of hydrogen-bond donors (Lipinski definition) is 0. The molecular weight excluding hydrogens is 439 g/mol. The van der Waals surface area contributed by atoms with Gasteiger partial charge in [0.2, 0.25) is 5.54 Å². The van der Waals surface area contributed by atoms with Gasteiger partial charge in [0.25, 0.3) is 0 Å². The van der Waals surface area contributed by atoms with Crippen LogP contribution in [0.3, 0.4) is 0 Å². The first-order chi connectivity index (χ1) is 15.5. The Labute approximate surface area is 190 Å². The number of methoxy groups -OCH3 is 1. The van der Waals surface area contributed by atoms with Gasteiger partial charge >= 0.3 is 12.1 Å². The highest BCUT2D eigenvalue weighted by atomic mass is 19.4. The van der Waals surface area contributed by atoms with Gasteiger partial charge in [0.05, 0.1) is 19.6 Å². The van der Waals surface area contributed by atoms with E-state index >= 15 is 0 Å². The zero-order valence-corrected chi connectivity index (χ0v) is 18.9. The second-order valence-corrected chi connectivity index (χ2v) is 8.98. The summed E-state index contributed by atoms with van der Waals surface area (Å²) in [5.41, 5.74) is -2.32. The minimum Gasteiger partial charge on any atom is -0.490 e. The molecule has 1 atom stereocenters. The van der Waals surface area contributed by atoms with Crippen molar-refractivity contribution < 1.29 is 32.4 Å². The van der Waals surface area contributed by atoms with Gasteiger partial charge in [-0.15, -0.1) is 0 Å². The summed E-state index contributed by atoms with van der Waals surface area (Å²) in [6.45, 7) is 3.47. The molecule has 1 fully saturated rings. The van der Waals surface area contributed by atoms with Gasteiger partial charge in [-0.05, 0) is 54.5 Å². The zero-order chi connectivity index (χ0) is 24.4. The van der Waals surface area contributed by atoms with E-state index in [0.717, 1.165) is 12.8 Å². The molecule has 0 aromatic heterocycles. The summed E-state index contributed by atoms with van der Waals surface area (Å²) in [7, 11) is 1.19. The number of rotatable bonds is 7. The second-order valence-electron chi connectivity index (χ2n) is 8.98. The molecule has 9 heteroatoms. The van der Waals surface area contributed by atoms with Gasteiger partial charge in [-0.25, -0.2) is 0 Å². The molecule has 0 saturated heterocycles. The maximum absolute atomic E-state index is 14.1. The number of ether oxygens (including phenoxy) is 2. The van der Waals surface area contributed by atoms with Crippen molar-refractivity contribution in [1.82, 2.24) is 0 Å². The molecule has 0 amide bonds. The molecule has 1 aliphatic carbocycles. The lowest BCUT2D eigenvalue weighted by atomic mass is 9.86. The first kappa shape index (κ1) is 24.8. The quantitative estimate of drug-likeness (QED) is 0.273. The topological polar surface area (TPSA) is 78.7 Å². The van der Waals surface area contributed by atoms with Gasteiger partial charge in [-0.3, -0.25) is 14.9 Å². The predicted octanol–water partition coefficient (Wildman–Crippen LogP) is 6.26. The number of halogens is 3. The van der Waals surface area contributed by atoms with E-state index in [-0.39, 0.29) is 41.0 Å². The lowest BCUT2D eigenvalue weighted by Crippen LogP contribution is -2.32. The van der Waals surface area contributed by atoms with Gasteiger partial charge in [0.1, 0.15) is 11.3 Å². The number of fused-ring (bicyclic) bond motifs is 1. The average Bonchev–Trinajstić information content (AvgIpc) is 2.77. The summed E-state index contributed by atoms with van der Waals surface area (Å²) in [5, 5.41) is 12.0. The predicted molar refractivity (Wildman–Crippen MR) is 117 cm³/mol.